The highest BCUT2D eigenvalue weighted by Crippen LogP contribution is 2.15. The number of amides is 3. The van der Waals surface area contributed by atoms with Crippen LogP contribution >= 0.6 is 0 Å². The van der Waals surface area contributed by atoms with E-state index in [0.29, 0.717) is 11.3 Å². The Bertz CT molecular complexity index is 1020. The van der Waals surface area contributed by atoms with Gasteiger partial charge in [-0.2, -0.15) is 0 Å². The van der Waals surface area contributed by atoms with Crippen LogP contribution in [0.2, 0.25) is 0 Å². The number of carbonyl (C=O) groups excluding carboxylic acids is 3. The molecule has 3 N–H and O–H groups in total. The molecule has 10 heteroatoms. The molecule has 0 aliphatic rings. The Kier molecular flexibility index (Phi) is 7.08. The average Bonchev–Trinajstić information content (AvgIpc) is 2.67. The molecule has 0 radical (unpaired) electrons. The van der Waals surface area contributed by atoms with Crippen molar-refractivity contribution in [2.75, 3.05) is 19.4 Å². The fourth-order valence-electron chi connectivity index (χ4n) is 2.35. The lowest BCUT2D eigenvalue weighted by atomic mass is 10.1. The minimum absolute atomic E-state index is 0.00960. The normalized spacial score (nSPS) is 11.0. The number of hydrogen-bond donors (Lipinski definition) is 3. The highest BCUT2D eigenvalue weighted by Gasteiger charge is 2.19. The van der Waals surface area contributed by atoms with E-state index in [1.54, 1.807) is 24.3 Å². The van der Waals surface area contributed by atoms with Crippen LogP contribution in [0, 0.1) is 0 Å². The molecule has 0 bridgehead atoms. The zero-order chi connectivity index (χ0) is 21.6. The summed E-state index contributed by atoms with van der Waals surface area (Å²) in [5.41, 5.74) is 5.94. The molecule has 2 aromatic carbocycles. The molecule has 3 amide bonds. The first-order valence-electron chi connectivity index (χ1n) is 8.58. The van der Waals surface area contributed by atoms with Crippen LogP contribution in [0.1, 0.15) is 22.8 Å². The summed E-state index contributed by atoms with van der Waals surface area (Å²) in [4.78, 5) is 35.2. The molecule has 0 aromatic heterocycles. The maximum atomic E-state index is 12.2. The number of hydrogen-bond acceptors (Lipinski definition) is 5. The first kappa shape index (κ1) is 22.1. The van der Waals surface area contributed by atoms with Crippen molar-refractivity contribution in [3.8, 4) is 0 Å². The van der Waals surface area contributed by atoms with Crippen molar-refractivity contribution < 1.29 is 22.8 Å². The maximum Gasteiger partial charge on any atom is 0.269 e. The topological polar surface area (TPSA) is 125 Å². The molecule has 2 rings (SSSR count). The van der Waals surface area contributed by atoms with Gasteiger partial charge < -0.3 is 5.32 Å². The number of sulfonamides is 1. The lowest BCUT2D eigenvalue weighted by molar-refractivity contribution is -0.121. The van der Waals surface area contributed by atoms with Gasteiger partial charge in [0.15, 0.2) is 0 Å². The van der Waals surface area contributed by atoms with Crippen LogP contribution in [0.5, 0.6) is 0 Å². The first-order valence-corrected chi connectivity index (χ1v) is 10.0. The molecule has 9 nitrogen and oxygen atoms in total. The number of anilines is 1. The summed E-state index contributed by atoms with van der Waals surface area (Å²) < 4.78 is 25.4. The fourth-order valence-corrected chi connectivity index (χ4v) is 3.29. The van der Waals surface area contributed by atoms with E-state index in [0.717, 1.165) is 4.31 Å². The Morgan fingerprint density at radius 2 is 1.62 bits per heavy atom. The fraction of sp³-hybridized carbons (Fsp3) is 0.211. The van der Waals surface area contributed by atoms with Crippen molar-refractivity contribution in [2.45, 2.75) is 18.2 Å². The molecule has 154 valence electrons. The molecule has 0 fully saturated rings. The van der Waals surface area contributed by atoms with E-state index in [4.69, 9.17) is 0 Å². The summed E-state index contributed by atoms with van der Waals surface area (Å²) in [5, 5.41) is 2.62. The molecule has 0 aliphatic heterocycles. The Labute approximate surface area is 169 Å². The highest BCUT2D eigenvalue weighted by molar-refractivity contribution is 7.89. The summed E-state index contributed by atoms with van der Waals surface area (Å²) in [7, 11) is -0.889. The lowest BCUT2D eigenvalue weighted by Gasteiger charge is -2.12. The van der Waals surface area contributed by atoms with Crippen LogP contribution in [-0.4, -0.2) is 44.5 Å². The largest absolute Gasteiger partial charge is 0.326 e. The number of rotatable bonds is 6. The second kappa shape index (κ2) is 9.30. The Morgan fingerprint density at radius 1 is 0.966 bits per heavy atom. The van der Waals surface area contributed by atoms with Gasteiger partial charge in [0.25, 0.3) is 5.91 Å². The zero-order valence-corrected chi connectivity index (χ0v) is 17.0. The van der Waals surface area contributed by atoms with Gasteiger partial charge in [0.05, 0.1) is 11.3 Å². The summed E-state index contributed by atoms with van der Waals surface area (Å²) in [6.07, 6.45) is 0.00960. The predicted molar refractivity (Wildman–Crippen MR) is 107 cm³/mol. The van der Waals surface area contributed by atoms with E-state index in [1.807, 2.05) is 0 Å². The average molecular weight is 418 g/mol. The third kappa shape index (κ3) is 6.13. The summed E-state index contributed by atoms with van der Waals surface area (Å²) in [6, 6.07) is 12.2. The minimum atomic E-state index is -3.68. The number of benzene rings is 2. The third-order valence-electron chi connectivity index (χ3n) is 3.83. The summed E-state index contributed by atoms with van der Waals surface area (Å²) >= 11 is 0. The van der Waals surface area contributed by atoms with Crippen LogP contribution in [0.4, 0.5) is 5.69 Å². The Balaban J connectivity index is 1.95. The highest BCUT2D eigenvalue weighted by atomic mass is 32.2. The standard InChI is InChI=1S/C19H22N4O5S/c1-13(24)20-16-9-7-14(8-10-16)11-18(25)21-22-19(26)15-5-4-6-17(12-15)29(27,28)23(2)3/h4-10,12H,11H2,1-3H3,(H,20,24)(H,21,25)(H,22,26). The molecular weight excluding hydrogens is 396 g/mol. The second-order valence-electron chi connectivity index (χ2n) is 6.37. The minimum Gasteiger partial charge on any atom is -0.326 e. The van der Waals surface area contributed by atoms with Crippen molar-refractivity contribution in [1.29, 1.82) is 0 Å². The van der Waals surface area contributed by atoms with Crippen LogP contribution in [0.3, 0.4) is 0 Å². The summed E-state index contributed by atoms with van der Waals surface area (Å²) in [6.45, 7) is 1.40. The zero-order valence-electron chi connectivity index (χ0n) is 16.2. The van der Waals surface area contributed by atoms with Crippen LogP contribution < -0.4 is 16.2 Å². The molecule has 0 unspecified atom stereocenters. The predicted octanol–water partition coefficient (Wildman–Crippen LogP) is 0.899. The van der Waals surface area contributed by atoms with Gasteiger partial charge >= 0.3 is 0 Å². The second-order valence-corrected chi connectivity index (χ2v) is 8.52. The van der Waals surface area contributed by atoms with E-state index in [2.05, 4.69) is 16.2 Å². The molecule has 0 heterocycles. The number of nitrogens with one attached hydrogen (secondary N) is 3. The van der Waals surface area contributed by atoms with Crippen molar-refractivity contribution in [3.05, 3.63) is 59.7 Å². The van der Waals surface area contributed by atoms with E-state index in [9.17, 15) is 22.8 Å². The molecular formula is C19H22N4O5S. The van der Waals surface area contributed by atoms with Gasteiger partial charge in [0.2, 0.25) is 21.8 Å². The van der Waals surface area contributed by atoms with Crippen LogP contribution in [-0.2, 0) is 26.0 Å². The number of nitrogens with zero attached hydrogens (tertiary/aromatic N) is 1. The first-order chi connectivity index (χ1) is 13.6. The van der Waals surface area contributed by atoms with Gasteiger partial charge in [-0.3, -0.25) is 25.2 Å². The number of carbonyl (C=O) groups is 3. The van der Waals surface area contributed by atoms with Gasteiger partial charge in [-0.25, -0.2) is 12.7 Å². The molecule has 0 saturated carbocycles. The van der Waals surface area contributed by atoms with E-state index in [1.165, 1.54) is 45.3 Å². The molecule has 0 saturated heterocycles. The van der Waals surface area contributed by atoms with Crippen molar-refractivity contribution in [3.63, 3.8) is 0 Å². The molecule has 0 spiro atoms. The third-order valence-corrected chi connectivity index (χ3v) is 5.64. The van der Waals surface area contributed by atoms with Crippen LogP contribution in [0.25, 0.3) is 0 Å². The monoisotopic (exact) mass is 418 g/mol. The van der Waals surface area contributed by atoms with Crippen molar-refractivity contribution >= 4 is 33.4 Å². The van der Waals surface area contributed by atoms with Gasteiger partial charge in [0, 0.05) is 32.3 Å². The van der Waals surface area contributed by atoms with E-state index >= 15 is 0 Å². The summed E-state index contributed by atoms with van der Waals surface area (Å²) in [5.74, 6) is -1.29. The van der Waals surface area contributed by atoms with Gasteiger partial charge in [-0.05, 0) is 35.9 Å². The smallest absolute Gasteiger partial charge is 0.269 e. The Morgan fingerprint density at radius 3 is 2.21 bits per heavy atom. The molecule has 29 heavy (non-hydrogen) atoms. The van der Waals surface area contributed by atoms with Crippen molar-refractivity contribution in [2.24, 2.45) is 0 Å². The van der Waals surface area contributed by atoms with E-state index in [-0.39, 0.29) is 22.8 Å². The maximum absolute atomic E-state index is 12.2. The molecule has 2 aromatic rings. The molecule has 0 aliphatic carbocycles. The lowest BCUT2D eigenvalue weighted by Crippen LogP contribution is -2.42. The van der Waals surface area contributed by atoms with Crippen LogP contribution in [0.15, 0.2) is 53.4 Å². The van der Waals surface area contributed by atoms with Gasteiger partial charge in [-0.1, -0.05) is 18.2 Å². The molecule has 0 atom stereocenters. The van der Waals surface area contributed by atoms with Gasteiger partial charge in [0.1, 0.15) is 0 Å². The number of hydrazine groups is 1. The van der Waals surface area contributed by atoms with E-state index < -0.39 is 21.8 Å². The SMILES string of the molecule is CC(=O)Nc1ccc(CC(=O)NNC(=O)c2cccc(S(=O)(=O)N(C)C)c2)cc1. The quantitative estimate of drug-likeness (QED) is 0.601. The van der Waals surface area contributed by atoms with Crippen molar-refractivity contribution in [1.82, 2.24) is 15.2 Å². The van der Waals surface area contributed by atoms with Gasteiger partial charge in [-0.15, -0.1) is 0 Å². The Hall–Kier alpha value is -3.24.